The van der Waals surface area contributed by atoms with E-state index in [-0.39, 0.29) is 76.3 Å². The Morgan fingerprint density at radius 2 is 1.44 bits per heavy atom. The minimum Gasteiger partial charge on any atom is -0.459 e. The topological polar surface area (TPSA) is 169 Å². The van der Waals surface area contributed by atoms with Gasteiger partial charge in [0.1, 0.15) is 24.7 Å². The zero-order valence-corrected chi connectivity index (χ0v) is 43.8. The summed E-state index contributed by atoms with van der Waals surface area (Å²) in [5.41, 5.74) is 2.53. The Balaban J connectivity index is 1.72. The van der Waals surface area contributed by atoms with Gasteiger partial charge in [-0.3, -0.25) is 4.79 Å². The highest BCUT2D eigenvalue weighted by Gasteiger charge is 2.65. The van der Waals surface area contributed by atoms with Crippen LogP contribution in [0.3, 0.4) is 0 Å². The molecule has 1 aliphatic heterocycles. The van der Waals surface area contributed by atoms with Crippen molar-refractivity contribution < 1.29 is 48.7 Å². The van der Waals surface area contributed by atoms with Crippen LogP contribution in [0.4, 0.5) is 4.79 Å². The molecule has 0 bridgehead atoms. The van der Waals surface area contributed by atoms with Crippen molar-refractivity contribution in [1.29, 1.82) is 0 Å². The van der Waals surface area contributed by atoms with E-state index in [1.54, 1.807) is 19.3 Å². The summed E-state index contributed by atoms with van der Waals surface area (Å²) < 4.78 is 26.3. The van der Waals surface area contributed by atoms with Gasteiger partial charge in [0.15, 0.2) is 0 Å². The number of ether oxygens (including phenoxy) is 4. The van der Waals surface area contributed by atoms with Crippen LogP contribution in [0.2, 0.25) is 0 Å². The van der Waals surface area contributed by atoms with Crippen LogP contribution < -0.4 is 14.8 Å². The summed E-state index contributed by atoms with van der Waals surface area (Å²) in [5.74, 6) is -1.09. The highest BCUT2D eigenvalue weighted by Crippen LogP contribution is 2.62. The monoisotopic (exact) mass is 982 g/mol. The maximum atomic E-state index is 14.8. The number of unbranched alkanes of at least 4 members (excludes halogenated alkanes) is 19. The van der Waals surface area contributed by atoms with Gasteiger partial charge in [-0.1, -0.05) is 153 Å². The quantitative estimate of drug-likeness (QED) is 0.0282. The summed E-state index contributed by atoms with van der Waals surface area (Å²) in [5, 5.41) is 37.2. The number of carbonyl (C=O) groups is 2. The Kier molecular flexibility index (Phi) is 29.4. The molecule has 0 spiro atoms. The lowest BCUT2D eigenvalue weighted by Crippen LogP contribution is -2.70. The minimum absolute atomic E-state index is 0.0234. The van der Waals surface area contributed by atoms with Crippen LogP contribution in [0.15, 0.2) is 47.7 Å². The molecule has 0 radical (unpaired) electrons. The number of aliphatic hydroxyl groups is 3. The summed E-state index contributed by atoms with van der Waals surface area (Å²) in [4.78, 5) is 35.7. The van der Waals surface area contributed by atoms with Gasteiger partial charge in [-0.25, -0.2) is 4.79 Å². The fourth-order valence-corrected chi connectivity index (χ4v) is 11.3. The Morgan fingerprint density at radius 3 is 2.06 bits per heavy atom. The van der Waals surface area contributed by atoms with Gasteiger partial charge in [0.25, 0.3) is 0 Å². The zero-order valence-electron chi connectivity index (χ0n) is 43.8. The van der Waals surface area contributed by atoms with Gasteiger partial charge < -0.3 is 49.3 Å². The first-order chi connectivity index (χ1) is 34.3. The highest BCUT2D eigenvalue weighted by molar-refractivity contribution is 6.03. The molecule has 0 unspecified atom stereocenters. The minimum atomic E-state index is -1.41. The van der Waals surface area contributed by atoms with Crippen molar-refractivity contribution >= 4 is 17.7 Å². The predicted octanol–water partition coefficient (Wildman–Crippen LogP) is 11.7. The van der Waals surface area contributed by atoms with Crippen molar-refractivity contribution in [1.82, 2.24) is 10.2 Å². The van der Waals surface area contributed by atoms with Crippen LogP contribution in [0.5, 0.6) is 11.5 Å². The van der Waals surface area contributed by atoms with Gasteiger partial charge in [0, 0.05) is 50.6 Å². The third-order valence-electron chi connectivity index (χ3n) is 14.8. The normalized spacial score (nSPS) is 21.9. The number of carbonyl (C=O) groups excluding carboxylic acids is 2. The maximum Gasteiger partial charge on any atom is 0.412 e. The molecular formula is C57H95N3O10. The van der Waals surface area contributed by atoms with E-state index in [0.29, 0.717) is 43.0 Å². The molecule has 2 aliphatic carbocycles. The van der Waals surface area contributed by atoms with E-state index >= 15 is 0 Å². The van der Waals surface area contributed by atoms with Crippen LogP contribution in [0.25, 0.3) is 0 Å². The molecule has 6 atom stereocenters. The number of hydrogen-bond donors (Lipinski definition) is 4. The largest absolute Gasteiger partial charge is 0.459 e. The Labute approximate surface area is 422 Å². The second-order valence-corrected chi connectivity index (χ2v) is 20.0. The van der Waals surface area contributed by atoms with Crippen molar-refractivity contribution in [3.63, 3.8) is 0 Å². The van der Waals surface area contributed by atoms with Crippen molar-refractivity contribution in [3.8, 4) is 11.5 Å². The van der Waals surface area contributed by atoms with Gasteiger partial charge in [0.2, 0.25) is 11.7 Å². The van der Waals surface area contributed by atoms with Crippen LogP contribution in [-0.4, -0.2) is 110 Å². The molecule has 1 aromatic carbocycles. The molecule has 1 aromatic rings. The number of rotatable bonds is 40. The number of fused-ring (bicyclic) bond motifs is 2. The summed E-state index contributed by atoms with van der Waals surface area (Å²) in [6.07, 6.45) is 31.1. The van der Waals surface area contributed by atoms with Crippen molar-refractivity contribution in [2.24, 2.45) is 22.9 Å². The second-order valence-electron chi connectivity index (χ2n) is 20.0. The third-order valence-corrected chi connectivity index (χ3v) is 14.8. The molecule has 13 nitrogen and oxygen atoms in total. The predicted molar refractivity (Wildman–Crippen MR) is 279 cm³/mol. The van der Waals surface area contributed by atoms with E-state index in [0.717, 1.165) is 81.8 Å². The molecule has 1 fully saturated rings. The van der Waals surface area contributed by atoms with E-state index in [1.165, 1.54) is 77.0 Å². The molecule has 1 saturated carbocycles. The van der Waals surface area contributed by atoms with E-state index in [9.17, 15) is 24.9 Å². The van der Waals surface area contributed by atoms with Gasteiger partial charge in [-0.2, -0.15) is 0 Å². The van der Waals surface area contributed by atoms with E-state index in [4.69, 9.17) is 28.9 Å². The van der Waals surface area contributed by atoms with Crippen LogP contribution >= 0.6 is 0 Å². The molecular weight excluding hydrogens is 887 g/mol. The number of nitrogens with one attached hydrogen (secondary N) is 1. The molecule has 13 heteroatoms. The first kappa shape index (κ1) is 59.1. The number of hydrogen-bond acceptors (Lipinski definition) is 11. The SMILES string of the molecule is C=CCO[C@@]12Oc3ccc(OC(=O)NCCCCCCCCCCCC)cc3[C@H]3[C@H](CCCCO)[C@@H](CCCCO)C=C(C(=NOC)C[C@@H]1N(CCOCCO)C(=O)CCCCCCCCCCC)[C@H]32. The number of amides is 2. The molecule has 2 amide bonds. The fraction of sp³-hybridized carbons (Fsp3) is 0.772. The second kappa shape index (κ2) is 34.8. The third kappa shape index (κ3) is 18.5. The standard InChI is InChI=1S/C57H95N3O10/c1-5-8-10-12-14-16-18-20-22-26-34-58-56(65)69-46-32-33-51-49(43-46)54-47(30-25-28-37-62)45(29-24-27-36-61)42-48-50(59-66-4)44-52(57(70-51,55(48)54)68-39-7-3)60(35-40-67-41-38-63)53(64)31-23-21-19-17-15-13-11-9-6-2/h7,32-33,42-43,45,47,52,54-55,61-63H,3,5-6,8-31,34-41,44H2,1-2,4H3,(H,58,65)/t45-,47+,52-,54+,55+,57+/m0/s1. The van der Waals surface area contributed by atoms with Gasteiger partial charge in [-0.15, -0.1) is 6.58 Å². The van der Waals surface area contributed by atoms with Gasteiger partial charge >= 0.3 is 6.09 Å². The van der Waals surface area contributed by atoms with Crippen LogP contribution in [0, 0.1) is 17.8 Å². The number of nitrogens with zero attached hydrogens (tertiary/aromatic N) is 2. The number of allylic oxidation sites excluding steroid dienone is 1. The lowest BCUT2D eigenvalue weighted by atomic mass is 9.55. The highest BCUT2D eigenvalue weighted by atomic mass is 16.7. The maximum absolute atomic E-state index is 14.8. The first-order valence-electron chi connectivity index (χ1n) is 27.9. The average Bonchev–Trinajstić information content (AvgIpc) is 3.36. The Hall–Kier alpha value is -3.49. The summed E-state index contributed by atoms with van der Waals surface area (Å²) in [6, 6.07) is 4.91. The average molecular weight is 982 g/mol. The van der Waals surface area contributed by atoms with Crippen molar-refractivity contribution in [2.45, 2.75) is 205 Å². The summed E-state index contributed by atoms with van der Waals surface area (Å²) >= 11 is 0. The summed E-state index contributed by atoms with van der Waals surface area (Å²) in [6.45, 7) is 9.87. The van der Waals surface area contributed by atoms with Crippen molar-refractivity contribution in [2.75, 3.05) is 59.8 Å². The van der Waals surface area contributed by atoms with Gasteiger partial charge in [-0.05, 0) is 74.1 Å². The van der Waals surface area contributed by atoms with E-state index < -0.39 is 23.8 Å². The molecule has 4 N–H and O–H groups in total. The molecule has 0 aromatic heterocycles. The molecule has 398 valence electrons. The molecule has 1 heterocycles. The Bertz CT molecular complexity index is 1690. The lowest BCUT2D eigenvalue weighted by Gasteiger charge is -2.60. The number of oxime groups is 1. The van der Waals surface area contributed by atoms with E-state index in [1.807, 2.05) is 17.0 Å². The Morgan fingerprint density at radius 1 is 0.814 bits per heavy atom. The summed E-state index contributed by atoms with van der Waals surface area (Å²) in [7, 11) is 1.54. The number of benzene rings is 1. The van der Waals surface area contributed by atoms with E-state index in [2.05, 4.69) is 31.8 Å². The van der Waals surface area contributed by atoms with Crippen LogP contribution in [0.1, 0.15) is 199 Å². The molecule has 0 saturated heterocycles. The first-order valence-corrected chi connectivity index (χ1v) is 27.9. The van der Waals surface area contributed by atoms with Gasteiger partial charge in [0.05, 0.1) is 38.1 Å². The molecule has 4 rings (SSSR count). The van der Waals surface area contributed by atoms with Crippen LogP contribution in [-0.2, 0) is 19.1 Å². The molecule has 3 aliphatic rings. The zero-order chi connectivity index (χ0) is 50.2. The lowest BCUT2D eigenvalue weighted by molar-refractivity contribution is -0.258. The number of aliphatic hydroxyl groups excluding tert-OH is 3. The molecule has 70 heavy (non-hydrogen) atoms. The fourth-order valence-electron chi connectivity index (χ4n) is 11.3. The van der Waals surface area contributed by atoms with Crippen molar-refractivity contribution in [3.05, 3.63) is 48.1 Å². The smallest absolute Gasteiger partial charge is 0.412 e.